The average molecular weight is 292 g/mol. The Bertz CT molecular complexity index is 545. The number of sulfonamides is 1. The van der Waals surface area contributed by atoms with Gasteiger partial charge >= 0.3 is 4.87 Å². The molecule has 2 N–H and O–H groups in total. The molecule has 0 aliphatic rings. The number of aromatic nitrogens is 1. The molecule has 0 aliphatic carbocycles. The summed E-state index contributed by atoms with van der Waals surface area (Å²) in [6.07, 6.45) is 1.80. The van der Waals surface area contributed by atoms with Crippen molar-refractivity contribution in [2.75, 3.05) is 0 Å². The molecular formula is C11H20N2O3S2. The van der Waals surface area contributed by atoms with Crippen LogP contribution in [-0.4, -0.2) is 19.4 Å². The van der Waals surface area contributed by atoms with Crippen LogP contribution in [0.2, 0.25) is 0 Å². The number of rotatable bonds is 6. The first-order valence-electron chi connectivity index (χ1n) is 5.98. The molecule has 5 nitrogen and oxygen atoms in total. The average Bonchev–Trinajstić information content (AvgIpc) is 2.57. The summed E-state index contributed by atoms with van der Waals surface area (Å²) in [5.74, 6) is 0.466. The van der Waals surface area contributed by atoms with Gasteiger partial charge < -0.3 is 4.98 Å². The van der Waals surface area contributed by atoms with Gasteiger partial charge in [-0.25, -0.2) is 13.1 Å². The summed E-state index contributed by atoms with van der Waals surface area (Å²) in [6.45, 7) is 7.60. The number of hydrogen-bond acceptors (Lipinski definition) is 4. The van der Waals surface area contributed by atoms with Crippen LogP contribution in [0.25, 0.3) is 0 Å². The molecule has 0 aromatic carbocycles. The van der Waals surface area contributed by atoms with E-state index in [9.17, 15) is 13.2 Å². The second-order valence-corrected chi connectivity index (χ2v) is 7.59. The van der Waals surface area contributed by atoms with E-state index in [0.29, 0.717) is 11.6 Å². The van der Waals surface area contributed by atoms with Gasteiger partial charge in [-0.15, -0.1) is 0 Å². The van der Waals surface area contributed by atoms with Crippen LogP contribution >= 0.6 is 11.3 Å². The molecule has 1 rings (SSSR count). The Labute approximate surface area is 112 Å². The highest BCUT2D eigenvalue weighted by molar-refractivity contribution is 7.91. The fraction of sp³-hybridized carbons (Fsp3) is 0.727. The van der Waals surface area contributed by atoms with Crippen molar-refractivity contribution in [2.45, 2.75) is 50.8 Å². The van der Waals surface area contributed by atoms with Crippen molar-refractivity contribution >= 4 is 21.4 Å². The molecule has 2 atom stereocenters. The van der Waals surface area contributed by atoms with Gasteiger partial charge in [-0.05, 0) is 26.2 Å². The van der Waals surface area contributed by atoms with Crippen LogP contribution in [-0.2, 0) is 10.0 Å². The highest BCUT2D eigenvalue weighted by Crippen LogP contribution is 2.17. The quantitative estimate of drug-likeness (QED) is 0.839. The predicted octanol–water partition coefficient (Wildman–Crippen LogP) is 1.85. The molecule has 2 unspecified atom stereocenters. The molecule has 0 spiro atoms. The summed E-state index contributed by atoms with van der Waals surface area (Å²) in [7, 11) is -3.59. The lowest BCUT2D eigenvalue weighted by Crippen LogP contribution is -2.33. The van der Waals surface area contributed by atoms with Crippen molar-refractivity contribution in [3.05, 3.63) is 15.4 Å². The SMILES string of the molecule is CCC(C)CC(C)NS(=O)(=O)c1sc(=O)[nH]c1C. The minimum atomic E-state index is -3.59. The summed E-state index contributed by atoms with van der Waals surface area (Å²) < 4.78 is 26.9. The van der Waals surface area contributed by atoms with E-state index >= 15 is 0 Å². The molecule has 18 heavy (non-hydrogen) atoms. The molecule has 104 valence electrons. The zero-order chi connectivity index (χ0) is 13.9. The molecule has 1 aromatic heterocycles. The Hall–Kier alpha value is -0.660. The van der Waals surface area contributed by atoms with Crippen LogP contribution in [0.1, 0.15) is 39.3 Å². The number of nitrogens with one attached hydrogen (secondary N) is 2. The number of H-pyrrole nitrogens is 1. The van der Waals surface area contributed by atoms with Gasteiger partial charge in [-0.1, -0.05) is 31.6 Å². The lowest BCUT2D eigenvalue weighted by Gasteiger charge is -2.17. The summed E-state index contributed by atoms with van der Waals surface area (Å²) in [5, 5.41) is 0. The number of thiazole rings is 1. The molecule has 0 saturated carbocycles. The molecule has 0 fully saturated rings. The minimum Gasteiger partial charge on any atom is -0.315 e. The Morgan fingerprint density at radius 3 is 2.44 bits per heavy atom. The van der Waals surface area contributed by atoms with E-state index in [0.717, 1.165) is 24.2 Å². The van der Waals surface area contributed by atoms with E-state index in [-0.39, 0.29) is 15.1 Å². The Morgan fingerprint density at radius 2 is 2.00 bits per heavy atom. The second-order valence-electron chi connectivity index (χ2n) is 4.70. The van der Waals surface area contributed by atoms with Crippen molar-refractivity contribution < 1.29 is 8.42 Å². The monoisotopic (exact) mass is 292 g/mol. The van der Waals surface area contributed by atoms with E-state index < -0.39 is 10.0 Å². The number of aryl methyl sites for hydroxylation is 1. The van der Waals surface area contributed by atoms with E-state index in [1.807, 2.05) is 6.92 Å². The molecule has 1 aromatic rings. The topological polar surface area (TPSA) is 79.0 Å². The van der Waals surface area contributed by atoms with Gasteiger partial charge in [-0.3, -0.25) is 4.79 Å². The first kappa shape index (κ1) is 15.4. The van der Waals surface area contributed by atoms with Crippen LogP contribution in [0.15, 0.2) is 9.00 Å². The maximum absolute atomic E-state index is 12.1. The lowest BCUT2D eigenvalue weighted by atomic mass is 10.0. The number of hydrogen-bond donors (Lipinski definition) is 2. The summed E-state index contributed by atoms with van der Waals surface area (Å²) in [5.41, 5.74) is 0.397. The molecule has 0 radical (unpaired) electrons. The molecule has 0 bridgehead atoms. The molecule has 1 heterocycles. The number of aromatic amines is 1. The second kappa shape index (κ2) is 5.99. The highest BCUT2D eigenvalue weighted by Gasteiger charge is 2.23. The first-order valence-corrected chi connectivity index (χ1v) is 8.28. The third kappa shape index (κ3) is 3.93. The fourth-order valence-electron chi connectivity index (χ4n) is 1.78. The molecule has 7 heteroatoms. The predicted molar refractivity (Wildman–Crippen MR) is 73.5 cm³/mol. The van der Waals surface area contributed by atoms with Gasteiger partial charge in [0.1, 0.15) is 0 Å². The van der Waals surface area contributed by atoms with Gasteiger partial charge in [0, 0.05) is 11.7 Å². The molecular weight excluding hydrogens is 272 g/mol. The van der Waals surface area contributed by atoms with Gasteiger partial charge in [0.2, 0.25) is 0 Å². The highest BCUT2D eigenvalue weighted by atomic mass is 32.2. The summed E-state index contributed by atoms with van der Waals surface area (Å²) in [6, 6.07) is -0.137. The van der Waals surface area contributed by atoms with Crippen LogP contribution in [0.5, 0.6) is 0 Å². The Morgan fingerprint density at radius 1 is 1.39 bits per heavy atom. The molecule has 0 amide bonds. The van der Waals surface area contributed by atoms with Crippen LogP contribution in [0, 0.1) is 12.8 Å². The zero-order valence-electron chi connectivity index (χ0n) is 11.1. The van der Waals surface area contributed by atoms with E-state index in [2.05, 4.69) is 23.6 Å². The summed E-state index contributed by atoms with van der Waals surface area (Å²) in [4.78, 5) is 13.3. The largest absolute Gasteiger partial charge is 0.315 e. The van der Waals surface area contributed by atoms with Crippen molar-refractivity contribution in [1.82, 2.24) is 9.71 Å². The van der Waals surface area contributed by atoms with Gasteiger partial charge in [-0.2, -0.15) is 0 Å². The normalized spacial score (nSPS) is 15.6. The van der Waals surface area contributed by atoms with Crippen LogP contribution in [0.3, 0.4) is 0 Å². The van der Waals surface area contributed by atoms with E-state index in [4.69, 9.17) is 0 Å². The third-order valence-corrected chi connectivity index (χ3v) is 6.03. The van der Waals surface area contributed by atoms with E-state index in [1.165, 1.54) is 0 Å². The van der Waals surface area contributed by atoms with Crippen LogP contribution < -0.4 is 9.60 Å². The van der Waals surface area contributed by atoms with E-state index in [1.54, 1.807) is 6.92 Å². The van der Waals surface area contributed by atoms with Crippen molar-refractivity contribution in [2.24, 2.45) is 5.92 Å². The maximum atomic E-state index is 12.1. The van der Waals surface area contributed by atoms with Gasteiger partial charge in [0.25, 0.3) is 10.0 Å². The standard InChI is InChI=1S/C11H20N2O3S2/c1-5-7(2)6-8(3)13-18(15,16)10-9(4)12-11(14)17-10/h7-8,13H,5-6H2,1-4H3,(H,12,14). The Balaban J connectivity index is 2.83. The third-order valence-electron chi connectivity index (χ3n) is 2.83. The van der Waals surface area contributed by atoms with Crippen LogP contribution in [0.4, 0.5) is 0 Å². The summed E-state index contributed by atoms with van der Waals surface area (Å²) >= 11 is 0.726. The molecule has 0 aliphatic heterocycles. The van der Waals surface area contributed by atoms with Crippen molar-refractivity contribution in [3.63, 3.8) is 0 Å². The van der Waals surface area contributed by atoms with Gasteiger partial charge in [0.05, 0.1) is 0 Å². The smallest absolute Gasteiger partial charge is 0.305 e. The van der Waals surface area contributed by atoms with Crippen molar-refractivity contribution in [1.29, 1.82) is 0 Å². The lowest BCUT2D eigenvalue weighted by molar-refractivity contribution is 0.446. The first-order chi connectivity index (χ1) is 8.26. The van der Waals surface area contributed by atoms with Gasteiger partial charge in [0.15, 0.2) is 4.21 Å². The maximum Gasteiger partial charge on any atom is 0.305 e. The Kier molecular flexibility index (Phi) is 5.12. The minimum absolute atomic E-state index is 0.0866. The fourth-order valence-corrected chi connectivity index (χ4v) is 4.36. The van der Waals surface area contributed by atoms with Crippen molar-refractivity contribution in [3.8, 4) is 0 Å². The zero-order valence-corrected chi connectivity index (χ0v) is 12.7. The molecule has 0 saturated heterocycles.